The molecule has 0 spiro atoms. The number of carbonyl (C=O) groups is 1. The summed E-state index contributed by atoms with van der Waals surface area (Å²) in [6.45, 7) is 3.90. The number of benzene rings is 1. The van der Waals surface area contributed by atoms with Crippen molar-refractivity contribution in [2.24, 2.45) is 10.9 Å². The summed E-state index contributed by atoms with van der Waals surface area (Å²) in [5.74, 6) is 0.00424. The van der Waals surface area contributed by atoms with Gasteiger partial charge in [0.25, 0.3) is 5.91 Å². The zero-order chi connectivity index (χ0) is 15.9. The van der Waals surface area contributed by atoms with E-state index in [1.165, 1.54) is 0 Å². The topological polar surface area (TPSA) is 106 Å². The molecule has 0 aliphatic heterocycles. The van der Waals surface area contributed by atoms with E-state index in [-0.39, 0.29) is 18.3 Å². The molecule has 0 saturated carbocycles. The molecule has 0 heterocycles. The van der Waals surface area contributed by atoms with E-state index < -0.39 is 5.54 Å². The molecule has 7 heteroatoms. The van der Waals surface area contributed by atoms with Gasteiger partial charge < -0.3 is 25.7 Å². The molecule has 0 aliphatic rings. The Morgan fingerprint density at radius 1 is 1.43 bits per heavy atom. The minimum atomic E-state index is -0.486. The minimum Gasteiger partial charge on any atom is -0.483 e. The molecule has 0 atom stereocenters. The van der Waals surface area contributed by atoms with Gasteiger partial charge in [-0.3, -0.25) is 4.79 Å². The normalized spacial score (nSPS) is 12.0. The van der Waals surface area contributed by atoms with Crippen molar-refractivity contribution in [3.05, 3.63) is 29.8 Å². The van der Waals surface area contributed by atoms with Crippen LogP contribution in [0.15, 0.2) is 29.4 Å². The summed E-state index contributed by atoms with van der Waals surface area (Å²) in [6, 6.07) is 6.73. The molecule has 7 nitrogen and oxygen atoms in total. The third kappa shape index (κ3) is 5.31. The highest BCUT2D eigenvalue weighted by atomic mass is 16.5. The van der Waals surface area contributed by atoms with Crippen LogP contribution >= 0.6 is 0 Å². The smallest absolute Gasteiger partial charge is 0.258 e. The molecule has 0 aliphatic carbocycles. The Morgan fingerprint density at radius 2 is 2.10 bits per heavy atom. The molecule has 0 aromatic heterocycles. The van der Waals surface area contributed by atoms with Crippen molar-refractivity contribution >= 4 is 11.7 Å². The number of oxime groups is 1. The van der Waals surface area contributed by atoms with E-state index in [1.54, 1.807) is 31.4 Å². The van der Waals surface area contributed by atoms with Crippen LogP contribution in [0.5, 0.6) is 5.75 Å². The van der Waals surface area contributed by atoms with Gasteiger partial charge in [0, 0.05) is 7.11 Å². The van der Waals surface area contributed by atoms with Crippen molar-refractivity contribution in [2.75, 3.05) is 20.3 Å². The fraction of sp³-hybridized carbons (Fsp3) is 0.429. The van der Waals surface area contributed by atoms with Crippen LogP contribution < -0.4 is 15.8 Å². The molecule has 116 valence electrons. The number of methoxy groups -OCH3 is 1. The fourth-order valence-corrected chi connectivity index (χ4v) is 1.81. The standard InChI is InChI=1S/C14H21N3O4/c1-14(2,9-20-3)16-12(18)8-21-11-7-5-4-6-10(11)13(15)17-19/h4-7,19H,8-9H2,1-3H3,(H2,15,17)(H,16,18). The number of hydrogen-bond acceptors (Lipinski definition) is 5. The molecule has 0 unspecified atom stereocenters. The Balaban J connectivity index is 2.66. The Morgan fingerprint density at radius 3 is 2.71 bits per heavy atom. The van der Waals surface area contributed by atoms with E-state index in [1.807, 2.05) is 13.8 Å². The first kappa shape index (κ1) is 16.8. The Labute approximate surface area is 123 Å². The third-order valence-corrected chi connectivity index (χ3v) is 2.61. The zero-order valence-corrected chi connectivity index (χ0v) is 12.4. The van der Waals surface area contributed by atoms with Crippen molar-refractivity contribution in [1.82, 2.24) is 5.32 Å². The first-order valence-electron chi connectivity index (χ1n) is 6.39. The van der Waals surface area contributed by atoms with E-state index in [0.29, 0.717) is 17.9 Å². The molecular formula is C14H21N3O4. The van der Waals surface area contributed by atoms with E-state index in [9.17, 15) is 4.79 Å². The maximum absolute atomic E-state index is 11.9. The summed E-state index contributed by atoms with van der Waals surface area (Å²) in [7, 11) is 1.57. The largest absolute Gasteiger partial charge is 0.483 e. The van der Waals surface area contributed by atoms with Crippen LogP contribution in [0.2, 0.25) is 0 Å². The summed E-state index contributed by atoms with van der Waals surface area (Å²) < 4.78 is 10.4. The van der Waals surface area contributed by atoms with Crippen molar-refractivity contribution in [3.8, 4) is 5.75 Å². The van der Waals surface area contributed by atoms with Crippen LogP contribution in [0.4, 0.5) is 0 Å². The lowest BCUT2D eigenvalue weighted by Gasteiger charge is -2.25. The van der Waals surface area contributed by atoms with Gasteiger partial charge in [0.05, 0.1) is 17.7 Å². The lowest BCUT2D eigenvalue weighted by molar-refractivity contribution is -0.125. The Bertz CT molecular complexity index is 515. The molecule has 4 N–H and O–H groups in total. The number of amidine groups is 1. The Kier molecular flexibility index (Phi) is 5.98. The van der Waals surface area contributed by atoms with E-state index in [0.717, 1.165) is 0 Å². The highest BCUT2D eigenvalue weighted by Gasteiger charge is 2.20. The van der Waals surface area contributed by atoms with Crippen molar-refractivity contribution < 1.29 is 19.5 Å². The van der Waals surface area contributed by atoms with Crippen LogP contribution in [0.3, 0.4) is 0 Å². The predicted molar refractivity (Wildman–Crippen MR) is 78.5 cm³/mol. The number of nitrogens with two attached hydrogens (primary N) is 1. The number of nitrogens with one attached hydrogen (secondary N) is 1. The fourth-order valence-electron chi connectivity index (χ4n) is 1.81. The second-order valence-corrected chi connectivity index (χ2v) is 5.14. The van der Waals surface area contributed by atoms with Crippen LogP contribution in [0.25, 0.3) is 0 Å². The number of rotatable bonds is 7. The SMILES string of the molecule is COCC(C)(C)NC(=O)COc1ccccc1/C(N)=N/O. The first-order chi connectivity index (χ1) is 9.89. The van der Waals surface area contributed by atoms with Crippen LogP contribution in [0, 0.1) is 0 Å². The third-order valence-electron chi connectivity index (χ3n) is 2.61. The average Bonchev–Trinajstić information content (AvgIpc) is 2.44. The molecule has 1 rings (SSSR count). The number of para-hydroxylation sites is 1. The van der Waals surface area contributed by atoms with Gasteiger partial charge in [-0.25, -0.2) is 0 Å². The van der Waals surface area contributed by atoms with E-state index in [2.05, 4.69) is 10.5 Å². The van der Waals surface area contributed by atoms with E-state index in [4.69, 9.17) is 20.4 Å². The van der Waals surface area contributed by atoms with Crippen LogP contribution in [-0.4, -0.2) is 42.8 Å². The zero-order valence-electron chi connectivity index (χ0n) is 12.4. The van der Waals surface area contributed by atoms with Gasteiger partial charge in [-0.05, 0) is 26.0 Å². The molecule has 0 saturated heterocycles. The van der Waals surface area contributed by atoms with Crippen LogP contribution in [-0.2, 0) is 9.53 Å². The number of ether oxygens (including phenoxy) is 2. The molecule has 0 fully saturated rings. The number of carbonyl (C=O) groups excluding carboxylic acids is 1. The lowest BCUT2D eigenvalue weighted by Crippen LogP contribution is -2.48. The second-order valence-electron chi connectivity index (χ2n) is 5.14. The second kappa shape index (κ2) is 7.49. The van der Waals surface area contributed by atoms with Gasteiger partial charge in [-0.15, -0.1) is 0 Å². The molecule has 21 heavy (non-hydrogen) atoms. The molecule has 0 bridgehead atoms. The highest BCUT2D eigenvalue weighted by molar-refractivity contribution is 5.99. The highest BCUT2D eigenvalue weighted by Crippen LogP contribution is 2.17. The van der Waals surface area contributed by atoms with Gasteiger partial charge in [0.1, 0.15) is 5.75 Å². The monoisotopic (exact) mass is 295 g/mol. The molecule has 1 aromatic rings. The molecular weight excluding hydrogens is 274 g/mol. The van der Waals surface area contributed by atoms with Gasteiger partial charge in [-0.1, -0.05) is 17.3 Å². The summed E-state index contributed by atoms with van der Waals surface area (Å²) in [4.78, 5) is 11.9. The van der Waals surface area contributed by atoms with E-state index >= 15 is 0 Å². The van der Waals surface area contributed by atoms with Gasteiger partial charge in [0.15, 0.2) is 12.4 Å². The van der Waals surface area contributed by atoms with Gasteiger partial charge in [0.2, 0.25) is 0 Å². The summed E-state index contributed by atoms with van der Waals surface area (Å²) in [5.41, 5.74) is 5.48. The average molecular weight is 295 g/mol. The van der Waals surface area contributed by atoms with Gasteiger partial charge in [-0.2, -0.15) is 0 Å². The maximum atomic E-state index is 11.9. The lowest BCUT2D eigenvalue weighted by atomic mass is 10.1. The van der Waals surface area contributed by atoms with Crippen molar-refractivity contribution in [2.45, 2.75) is 19.4 Å². The summed E-state index contributed by atoms with van der Waals surface area (Å²) in [6.07, 6.45) is 0. The Hall–Kier alpha value is -2.28. The van der Waals surface area contributed by atoms with Gasteiger partial charge >= 0.3 is 0 Å². The number of nitrogens with zero attached hydrogens (tertiary/aromatic N) is 1. The van der Waals surface area contributed by atoms with Crippen molar-refractivity contribution in [1.29, 1.82) is 0 Å². The summed E-state index contributed by atoms with van der Waals surface area (Å²) in [5, 5.41) is 14.4. The molecule has 0 radical (unpaired) electrons. The summed E-state index contributed by atoms with van der Waals surface area (Å²) >= 11 is 0. The van der Waals surface area contributed by atoms with Crippen LogP contribution in [0.1, 0.15) is 19.4 Å². The first-order valence-corrected chi connectivity index (χ1v) is 6.39. The predicted octanol–water partition coefficient (Wildman–Crippen LogP) is 0.701. The quantitative estimate of drug-likeness (QED) is 0.297. The molecule has 1 amide bonds. The number of hydrogen-bond donors (Lipinski definition) is 3. The molecule has 1 aromatic carbocycles. The number of amides is 1. The van der Waals surface area contributed by atoms with Crippen molar-refractivity contribution in [3.63, 3.8) is 0 Å². The minimum absolute atomic E-state index is 0.0780. The maximum Gasteiger partial charge on any atom is 0.258 e.